The predicted molar refractivity (Wildman–Crippen MR) is 118 cm³/mol. The Morgan fingerprint density at radius 2 is 1.90 bits per heavy atom. The molecular formula is C24H30N4O. The van der Waals surface area contributed by atoms with Crippen molar-refractivity contribution >= 4 is 22.6 Å². The number of aryl methyl sites for hydroxylation is 2. The number of carbonyl (C=O) groups excluding carboxylic acids is 1. The number of piperidine rings is 1. The first kappa shape index (κ1) is 19.6. The van der Waals surface area contributed by atoms with Gasteiger partial charge in [-0.3, -0.25) is 9.69 Å². The lowest BCUT2D eigenvalue weighted by molar-refractivity contribution is 0.102. The van der Waals surface area contributed by atoms with Gasteiger partial charge in [0.05, 0.1) is 17.6 Å². The predicted octanol–water partition coefficient (Wildman–Crippen LogP) is 4.99. The molecule has 29 heavy (non-hydrogen) atoms. The number of benzene rings is 2. The summed E-state index contributed by atoms with van der Waals surface area (Å²) in [6, 6.07) is 13.7. The number of rotatable bonds is 6. The fourth-order valence-corrected chi connectivity index (χ4v) is 4.19. The number of carbonyl (C=O) groups is 1. The minimum Gasteiger partial charge on any atom is -0.327 e. The van der Waals surface area contributed by atoms with E-state index < -0.39 is 0 Å². The van der Waals surface area contributed by atoms with Gasteiger partial charge in [-0.05, 0) is 69.1 Å². The van der Waals surface area contributed by atoms with Crippen LogP contribution in [0.15, 0.2) is 42.5 Å². The van der Waals surface area contributed by atoms with E-state index >= 15 is 0 Å². The molecule has 152 valence electrons. The van der Waals surface area contributed by atoms with E-state index in [0.29, 0.717) is 5.56 Å². The minimum absolute atomic E-state index is 0.0796. The van der Waals surface area contributed by atoms with E-state index in [4.69, 9.17) is 4.98 Å². The molecule has 0 radical (unpaired) electrons. The number of anilines is 1. The van der Waals surface area contributed by atoms with Crippen LogP contribution in [0.2, 0.25) is 0 Å². The van der Waals surface area contributed by atoms with E-state index in [1.165, 1.54) is 19.3 Å². The highest BCUT2D eigenvalue weighted by atomic mass is 16.1. The average Bonchev–Trinajstić information content (AvgIpc) is 3.05. The Bertz CT molecular complexity index is 1000. The van der Waals surface area contributed by atoms with Crippen LogP contribution in [0.5, 0.6) is 0 Å². The highest BCUT2D eigenvalue weighted by molar-refractivity contribution is 6.05. The molecule has 1 saturated heterocycles. The molecule has 1 aromatic heterocycles. The van der Waals surface area contributed by atoms with Gasteiger partial charge in [0, 0.05) is 17.8 Å². The number of amides is 1. The van der Waals surface area contributed by atoms with Gasteiger partial charge in [0.2, 0.25) is 0 Å². The summed E-state index contributed by atoms with van der Waals surface area (Å²) in [7, 11) is 0. The van der Waals surface area contributed by atoms with Gasteiger partial charge in [-0.1, -0.05) is 31.5 Å². The standard InChI is InChI=1S/C24H30N4O/c1-3-13-28-22-12-11-19(25-24(29)20-10-6-5-9-18(20)2)16-21(22)26-23(28)17-27-14-7-4-8-15-27/h5-6,9-12,16H,3-4,7-8,13-15,17H2,1-2H3,(H,25,29). The van der Waals surface area contributed by atoms with Gasteiger partial charge in [0.1, 0.15) is 5.82 Å². The number of imidazole rings is 1. The molecular weight excluding hydrogens is 360 g/mol. The summed E-state index contributed by atoms with van der Waals surface area (Å²) in [6.45, 7) is 8.35. The molecule has 2 aromatic carbocycles. The molecule has 0 atom stereocenters. The third-order valence-corrected chi connectivity index (χ3v) is 5.74. The van der Waals surface area contributed by atoms with Crippen molar-refractivity contribution in [3.63, 3.8) is 0 Å². The molecule has 4 rings (SSSR count). The second kappa shape index (κ2) is 8.78. The largest absolute Gasteiger partial charge is 0.327 e. The molecule has 3 aromatic rings. The van der Waals surface area contributed by atoms with Crippen LogP contribution in [-0.4, -0.2) is 33.4 Å². The van der Waals surface area contributed by atoms with Crippen molar-refractivity contribution < 1.29 is 4.79 Å². The smallest absolute Gasteiger partial charge is 0.255 e. The van der Waals surface area contributed by atoms with E-state index in [9.17, 15) is 4.79 Å². The lowest BCUT2D eigenvalue weighted by atomic mass is 10.1. The van der Waals surface area contributed by atoms with Gasteiger partial charge in [-0.25, -0.2) is 4.98 Å². The summed E-state index contributed by atoms with van der Waals surface area (Å²) in [5, 5.41) is 3.03. The third kappa shape index (κ3) is 4.35. The third-order valence-electron chi connectivity index (χ3n) is 5.74. The van der Waals surface area contributed by atoms with Crippen LogP contribution >= 0.6 is 0 Å². The van der Waals surface area contributed by atoms with E-state index in [0.717, 1.165) is 60.7 Å². The zero-order valence-electron chi connectivity index (χ0n) is 17.4. The lowest BCUT2D eigenvalue weighted by Gasteiger charge is -2.26. The van der Waals surface area contributed by atoms with Crippen molar-refractivity contribution in [3.8, 4) is 0 Å². The topological polar surface area (TPSA) is 50.2 Å². The summed E-state index contributed by atoms with van der Waals surface area (Å²) in [6.07, 6.45) is 4.97. The second-order valence-electron chi connectivity index (χ2n) is 7.99. The van der Waals surface area contributed by atoms with E-state index in [1.807, 2.05) is 43.3 Å². The van der Waals surface area contributed by atoms with Gasteiger partial charge >= 0.3 is 0 Å². The maximum Gasteiger partial charge on any atom is 0.255 e. The molecule has 1 N–H and O–H groups in total. The van der Waals surface area contributed by atoms with Crippen LogP contribution in [0.1, 0.15) is 54.4 Å². The molecule has 1 fully saturated rings. The monoisotopic (exact) mass is 390 g/mol. The van der Waals surface area contributed by atoms with Gasteiger partial charge in [0.25, 0.3) is 5.91 Å². The fourth-order valence-electron chi connectivity index (χ4n) is 4.19. The number of nitrogens with one attached hydrogen (secondary N) is 1. The molecule has 0 saturated carbocycles. The maximum atomic E-state index is 12.7. The Morgan fingerprint density at radius 1 is 1.10 bits per heavy atom. The number of fused-ring (bicyclic) bond motifs is 1. The zero-order valence-corrected chi connectivity index (χ0v) is 17.4. The molecule has 2 heterocycles. The molecule has 1 aliphatic heterocycles. The van der Waals surface area contributed by atoms with Crippen LogP contribution in [0.3, 0.4) is 0 Å². The lowest BCUT2D eigenvalue weighted by Crippen LogP contribution is -2.30. The highest BCUT2D eigenvalue weighted by Crippen LogP contribution is 2.23. The summed E-state index contributed by atoms with van der Waals surface area (Å²) >= 11 is 0. The van der Waals surface area contributed by atoms with E-state index in [1.54, 1.807) is 0 Å². The Labute approximate surface area is 172 Å². The Balaban J connectivity index is 1.59. The molecule has 0 aliphatic carbocycles. The van der Waals surface area contributed by atoms with Crippen LogP contribution in [0, 0.1) is 6.92 Å². The van der Waals surface area contributed by atoms with Crippen LogP contribution in [-0.2, 0) is 13.1 Å². The van der Waals surface area contributed by atoms with Crippen LogP contribution in [0.4, 0.5) is 5.69 Å². The van der Waals surface area contributed by atoms with E-state index in [-0.39, 0.29) is 5.91 Å². The van der Waals surface area contributed by atoms with Crippen molar-refractivity contribution in [2.45, 2.75) is 52.6 Å². The fraction of sp³-hybridized carbons (Fsp3) is 0.417. The quantitative estimate of drug-likeness (QED) is 0.645. The van der Waals surface area contributed by atoms with Crippen molar-refractivity contribution in [2.75, 3.05) is 18.4 Å². The van der Waals surface area contributed by atoms with Crippen molar-refractivity contribution in [2.24, 2.45) is 0 Å². The summed E-state index contributed by atoms with van der Waals surface area (Å²) in [4.78, 5) is 20.1. The number of aromatic nitrogens is 2. The van der Waals surface area contributed by atoms with Crippen molar-refractivity contribution in [3.05, 3.63) is 59.4 Å². The minimum atomic E-state index is -0.0796. The van der Waals surface area contributed by atoms with Gasteiger partial charge in [-0.15, -0.1) is 0 Å². The molecule has 1 aliphatic rings. The van der Waals surface area contributed by atoms with Gasteiger partial charge < -0.3 is 9.88 Å². The highest BCUT2D eigenvalue weighted by Gasteiger charge is 2.17. The summed E-state index contributed by atoms with van der Waals surface area (Å²) in [5.74, 6) is 1.05. The Morgan fingerprint density at radius 3 is 2.66 bits per heavy atom. The Kier molecular flexibility index (Phi) is 5.95. The number of hydrogen-bond acceptors (Lipinski definition) is 3. The first-order chi connectivity index (χ1) is 14.2. The summed E-state index contributed by atoms with van der Waals surface area (Å²) in [5.41, 5.74) is 4.56. The first-order valence-corrected chi connectivity index (χ1v) is 10.7. The second-order valence-corrected chi connectivity index (χ2v) is 7.99. The normalized spacial score (nSPS) is 15.0. The molecule has 1 amide bonds. The van der Waals surface area contributed by atoms with Crippen LogP contribution < -0.4 is 5.32 Å². The molecule has 0 bridgehead atoms. The Hall–Kier alpha value is -2.66. The average molecular weight is 391 g/mol. The van der Waals surface area contributed by atoms with Crippen molar-refractivity contribution in [1.29, 1.82) is 0 Å². The van der Waals surface area contributed by atoms with Gasteiger partial charge in [0.15, 0.2) is 0 Å². The van der Waals surface area contributed by atoms with Crippen molar-refractivity contribution in [1.82, 2.24) is 14.5 Å². The summed E-state index contributed by atoms with van der Waals surface area (Å²) < 4.78 is 2.34. The molecule has 5 heteroatoms. The zero-order chi connectivity index (χ0) is 20.2. The number of nitrogens with zero attached hydrogens (tertiary/aromatic N) is 3. The SMILES string of the molecule is CCCn1c(CN2CCCCC2)nc2cc(NC(=O)c3ccccc3C)ccc21. The molecule has 5 nitrogen and oxygen atoms in total. The first-order valence-electron chi connectivity index (χ1n) is 10.7. The maximum absolute atomic E-state index is 12.7. The molecule has 0 unspecified atom stereocenters. The van der Waals surface area contributed by atoms with Crippen LogP contribution in [0.25, 0.3) is 11.0 Å². The molecule has 0 spiro atoms. The number of hydrogen-bond donors (Lipinski definition) is 1. The number of likely N-dealkylation sites (tertiary alicyclic amines) is 1. The van der Waals surface area contributed by atoms with E-state index in [2.05, 4.69) is 27.8 Å². The van der Waals surface area contributed by atoms with Gasteiger partial charge in [-0.2, -0.15) is 0 Å².